The lowest BCUT2D eigenvalue weighted by molar-refractivity contribution is -0.142. The van der Waals surface area contributed by atoms with Crippen molar-refractivity contribution in [1.82, 2.24) is 9.88 Å². The van der Waals surface area contributed by atoms with Gasteiger partial charge in [-0.1, -0.05) is 6.07 Å². The number of β-amino-alcohol motifs (C(OH)–C–C–N with tert-alkyl or cyclic N) is 1. The Morgan fingerprint density at radius 3 is 3.11 bits per heavy atom. The number of likely N-dealkylation sites (tertiary alicyclic amines) is 1. The summed E-state index contributed by atoms with van der Waals surface area (Å²) in [6.45, 7) is 0.613. The number of aliphatic hydroxyl groups is 1. The van der Waals surface area contributed by atoms with Gasteiger partial charge in [0.1, 0.15) is 17.8 Å². The fourth-order valence-electron chi connectivity index (χ4n) is 2.20. The fourth-order valence-corrected chi connectivity index (χ4v) is 2.20. The molecule has 2 unspecified atom stereocenters. The molecule has 0 spiro atoms. The Morgan fingerprint density at radius 2 is 2.44 bits per heavy atom. The highest BCUT2D eigenvalue weighted by atomic mass is 16.4. The van der Waals surface area contributed by atoms with Crippen molar-refractivity contribution in [2.24, 2.45) is 0 Å². The highest BCUT2D eigenvalue weighted by Crippen LogP contribution is 2.21. The molecule has 6 nitrogen and oxygen atoms in total. The van der Waals surface area contributed by atoms with E-state index in [0.717, 1.165) is 0 Å². The zero-order valence-electron chi connectivity index (χ0n) is 9.65. The zero-order chi connectivity index (χ0) is 13.1. The van der Waals surface area contributed by atoms with E-state index in [4.69, 9.17) is 10.4 Å². The van der Waals surface area contributed by atoms with Gasteiger partial charge in [0, 0.05) is 31.3 Å². The number of aliphatic hydroxyl groups excluding tert-OH is 1. The van der Waals surface area contributed by atoms with Gasteiger partial charge in [-0.2, -0.15) is 5.26 Å². The minimum Gasteiger partial charge on any atom is -0.480 e. The van der Waals surface area contributed by atoms with Crippen molar-refractivity contribution >= 4 is 5.97 Å². The van der Waals surface area contributed by atoms with Gasteiger partial charge in [-0.25, -0.2) is 4.98 Å². The summed E-state index contributed by atoms with van der Waals surface area (Å²) in [6, 6.07) is 4.73. The van der Waals surface area contributed by atoms with Gasteiger partial charge >= 0.3 is 5.97 Å². The van der Waals surface area contributed by atoms with E-state index in [0.29, 0.717) is 24.3 Å². The van der Waals surface area contributed by atoms with Gasteiger partial charge in [-0.15, -0.1) is 0 Å². The van der Waals surface area contributed by atoms with E-state index in [1.165, 1.54) is 6.20 Å². The van der Waals surface area contributed by atoms with Crippen molar-refractivity contribution in [3.63, 3.8) is 0 Å². The van der Waals surface area contributed by atoms with Gasteiger partial charge in [0.2, 0.25) is 0 Å². The largest absolute Gasteiger partial charge is 0.480 e. The van der Waals surface area contributed by atoms with Crippen LogP contribution in [0.1, 0.15) is 17.7 Å². The summed E-state index contributed by atoms with van der Waals surface area (Å²) in [6.07, 6.45) is 1.11. The van der Waals surface area contributed by atoms with E-state index < -0.39 is 18.1 Å². The molecule has 0 radical (unpaired) electrons. The van der Waals surface area contributed by atoms with Crippen LogP contribution in [0.5, 0.6) is 0 Å². The molecule has 2 N–H and O–H groups in total. The van der Waals surface area contributed by atoms with E-state index in [1.807, 2.05) is 6.07 Å². The monoisotopic (exact) mass is 247 g/mol. The summed E-state index contributed by atoms with van der Waals surface area (Å²) in [5.41, 5.74) is 0.975. The van der Waals surface area contributed by atoms with Crippen molar-refractivity contribution < 1.29 is 15.0 Å². The predicted molar refractivity (Wildman–Crippen MR) is 61.4 cm³/mol. The smallest absolute Gasteiger partial charge is 0.321 e. The van der Waals surface area contributed by atoms with Gasteiger partial charge in [0.15, 0.2) is 0 Å². The number of nitrogens with zero attached hydrogens (tertiary/aromatic N) is 3. The Labute approximate surface area is 104 Å². The molecule has 6 heteroatoms. The molecule has 1 aliphatic rings. The molecule has 2 heterocycles. The Balaban J connectivity index is 2.18. The first-order valence-corrected chi connectivity index (χ1v) is 5.60. The third-order valence-corrected chi connectivity index (χ3v) is 3.04. The highest BCUT2D eigenvalue weighted by Gasteiger charge is 2.36. The average molecular weight is 247 g/mol. The Hall–Kier alpha value is -1.97. The second-order valence-corrected chi connectivity index (χ2v) is 4.30. The fraction of sp³-hybridized carbons (Fsp3) is 0.417. The van der Waals surface area contributed by atoms with E-state index in [1.54, 1.807) is 17.0 Å². The molecule has 1 aromatic heterocycles. The van der Waals surface area contributed by atoms with Crippen LogP contribution in [0.15, 0.2) is 18.3 Å². The number of carboxylic acid groups (broad SMARTS) is 1. The van der Waals surface area contributed by atoms with Gasteiger partial charge in [0.25, 0.3) is 0 Å². The lowest BCUT2D eigenvalue weighted by Gasteiger charge is -2.20. The third-order valence-electron chi connectivity index (χ3n) is 3.04. The first kappa shape index (κ1) is 12.5. The van der Waals surface area contributed by atoms with Crippen LogP contribution < -0.4 is 0 Å². The number of aliphatic carboxylic acids is 1. The van der Waals surface area contributed by atoms with Crippen LogP contribution in [0.25, 0.3) is 0 Å². The zero-order valence-corrected chi connectivity index (χ0v) is 9.65. The van der Waals surface area contributed by atoms with Crippen LogP contribution in [0.2, 0.25) is 0 Å². The molecule has 1 saturated heterocycles. The molecule has 94 valence electrons. The van der Waals surface area contributed by atoms with E-state index in [-0.39, 0.29) is 6.42 Å². The molecule has 0 bridgehead atoms. The maximum absolute atomic E-state index is 11.1. The summed E-state index contributed by atoms with van der Waals surface area (Å²) < 4.78 is 0. The van der Waals surface area contributed by atoms with Gasteiger partial charge in [-0.3, -0.25) is 9.69 Å². The molecule has 1 aliphatic heterocycles. The second kappa shape index (κ2) is 5.12. The topological polar surface area (TPSA) is 97.5 Å². The summed E-state index contributed by atoms with van der Waals surface area (Å²) in [4.78, 5) is 16.7. The Morgan fingerprint density at radius 1 is 1.67 bits per heavy atom. The van der Waals surface area contributed by atoms with Crippen LogP contribution >= 0.6 is 0 Å². The van der Waals surface area contributed by atoms with Gasteiger partial charge in [-0.05, 0) is 6.07 Å². The van der Waals surface area contributed by atoms with Crippen molar-refractivity contribution in [2.45, 2.75) is 25.1 Å². The predicted octanol–water partition coefficient (Wildman–Crippen LogP) is -0.0269. The first-order valence-electron chi connectivity index (χ1n) is 5.60. The number of rotatable bonds is 3. The van der Waals surface area contributed by atoms with Crippen molar-refractivity contribution in [3.05, 3.63) is 29.6 Å². The first-order chi connectivity index (χ1) is 8.61. The Kier molecular flexibility index (Phi) is 3.55. The van der Waals surface area contributed by atoms with Crippen LogP contribution in [0.3, 0.4) is 0 Å². The van der Waals surface area contributed by atoms with Crippen molar-refractivity contribution in [1.29, 1.82) is 5.26 Å². The molecule has 0 aromatic carbocycles. The number of carboxylic acids is 1. The number of nitriles is 1. The summed E-state index contributed by atoms with van der Waals surface area (Å²) in [7, 11) is 0. The molecule has 2 rings (SSSR count). The SMILES string of the molecule is N#Cc1ncccc1CN1CC(O)CC1C(=O)O. The minimum atomic E-state index is -0.950. The van der Waals surface area contributed by atoms with E-state index in [9.17, 15) is 9.90 Å². The molecule has 2 atom stereocenters. The number of aromatic nitrogens is 1. The normalized spacial score (nSPS) is 23.8. The molecule has 1 fully saturated rings. The number of carbonyl (C=O) groups is 1. The molecule has 0 aliphatic carbocycles. The molecule has 0 amide bonds. The summed E-state index contributed by atoms with van der Waals surface area (Å²) >= 11 is 0. The number of hydrogen-bond acceptors (Lipinski definition) is 5. The molecular weight excluding hydrogens is 234 g/mol. The van der Waals surface area contributed by atoms with Crippen LogP contribution in [-0.4, -0.2) is 44.8 Å². The standard InChI is InChI=1S/C12H13N3O3/c13-5-10-8(2-1-3-14-10)6-15-7-9(16)4-11(15)12(17)18/h1-3,9,11,16H,4,6-7H2,(H,17,18). The van der Waals surface area contributed by atoms with Crippen LogP contribution in [0.4, 0.5) is 0 Å². The van der Waals surface area contributed by atoms with Crippen molar-refractivity contribution in [3.8, 4) is 6.07 Å². The Bertz CT molecular complexity index is 498. The second-order valence-electron chi connectivity index (χ2n) is 4.30. The minimum absolute atomic E-state index is 0.220. The van der Waals surface area contributed by atoms with E-state index >= 15 is 0 Å². The van der Waals surface area contributed by atoms with Crippen LogP contribution in [-0.2, 0) is 11.3 Å². The van der Waals surface area contributed by atoms with E-state index in [2.05, 4.69) is 4.98 Å². The molecule has 0 saturated carbocycles. The van der Waals surface area contributed by atoms with Crippen molar-refractivity contribution in [2.75, 3.05) is 6.54 Å². The maximum atomic E-state index is 11.1. The number of hydrogen-bond donors (Lipinski definition) is 2. The van der Waals surface area contributed by atoms with Crippen LogP contribution in [0, 0.1) is 11.3 Å². The summed E-state index contributed by atoms with van der Waals surface area (Å²) in [5, 5.41) is 27.5. The highest BCUT2D eigenvalue weighted by molar-refractivity contribution is 5.74. The average Bonchev–Trinajstić information content (AvgIpc) is 2.71. The van der Waals surface area contributed by atoms with Gasteiger partial charge < -0.3 is 10.2 Å². The lowest BCUT2D eigenvalue weighted by Crippen LogP contribution is -2.35. The van der Waals surface area contributed by atoms with Gasteiger partial charge in [0.05, 0.1) is 6.10 Å². The molecular formula is C12H13N3O3. The third kappa shape index (κ3) is 2.47. The quantitative estimate of drug-likeness (QED) is 0.778. The lowest BCUT2D eigenvalue weighted by atomic mass is 10.1. The maximum Gasteiger partial charge on any atom is 0.321 e. The molecule has 1 aromatic rings. The number of pyridine rings is 1. The molecule has 18 heavy (non-hydrogen) atoms. The summed E-state index contributed by atoms with van der Waals surface area (Å²) in [5.74, 6) is -0.950.